The summed E-state index contributed by atoms with van der Waals surface area (Å²) in [5.74, 6) is -0.694. The van der Waals surface area contributed by atoms with E-state index in [1.807, 2.05) is 73.7 Å². The summed E-state index contributed by atoms with van der Waals surface area (Å²) in [5.41, 5.74) is 4.38. The summed E-state index contributed by atoms with van der Waals surface area (Å²) < 4.78 is 34.0. The molecule has 1 atom stereocenters. The lowest BCUT2D eigenvalue weighted by Gasteiger charge is -2.20. The van der Waals surface area contributed by atoms with Crippen LogP contribution in [0.4, 0.5) is 5.69 Å². The van der Waals surface area contributed by atoms with Gasteiger partial charge in [0.05, 0.1) is 17.1 Å². The third kappa shape index (κ3) is 5.39. The molecule has 0 saturated heterocycles. The summed E-state index contributed by atoms with van der Waals surface area (Å²) in [6.07, 6.45) is 1.94. The van der Waals surface area contributed by atoms with Crippen molar-refractivity contribution in [2.24, 2.45) is 0 Å². The van der Waals surface area contributed by atoms with Gasteiger partial charge in [0.25, 0.3) is 0 Å². The molecule has 0 saturated carbocycles. The molecular formula is C27H29N3O4S. The first-order valence-corrected chi connectivity index (χ1v) is 12.9. The number of aromatic amines is 1. The van der Waals surface area contributed by atoms with Crippen molar-refractivity contribution >= 4 is 32.6 Å². The topological polar surface area (TPSA) is 91.5 Å². The van der Waals surface area contributed by atoms with Crippen LogP contribution < -0.4 is 9.62 Å². The Labute approximate surface area is 205 Å². The molecule has 0 aliphatic heterocycles. The summed E-state index contributed by atoms with van der Waals surface area (Å²) >= 11 is 0. The van der Waals surface area contributed by atoms with Gasteiger partial charge < -0.3 is 14.6 Å². The second-order valence-corrected chi connectivity index (χ2v) is 10.2. The summed E-state index contributed by atoms with van der Waals surface area (Å²) in [5, 5.41) is 1.05. The maximum atomic E-state index is 13.1. The highest BCUT2D eigenvalue weighted by molar-refractivity contribution is 7.89. The van der Waals surface area contributed by atoms with E-state index in [4.69, 9.17) is 4.74 Å². The predicted molar refractivity (Wildman–Crippen MR) is 138 cm³/mol. The Kier molecular flexibility index (Phi) is 7.23. The zero-order valence-corrected chi connectivity index (χ0v) is 20.8. The number of fused-ring (bicyclic) bond motifs is 1. The Morgan fingerprint density at radius 3 is 2.34 bits per heavy atom. The minimum Gasteiger partial charge on any atom is -0.462 e. The van der Waals surface area contributed by atoms with Gasteiger partial charge in [-0.1, -0.05) is 30.3 Å². The van der Waals surface area contributed by atoms with E-state index in [0.29, 0.717) is 5.56 Å². The Bertz CT molecular complexity index is 1410. The largest absolute Gasteiger partial charge is 0.462 e. The van der Waals surface area contributed by atoms with Gasteiger partial charge in [0.2, 0.25) is 10.0 Å². The molecule has 1 heterocycles. The lowest BCUT2D eigenvalue weighted by atomic mass is 9.91. The maximum absolute atomic E-state index is 13.1. The standard InChI is InChI=1S/C27H29N3O4S/c1-4-34-27(31)20-11-15-22(16-12-20)35(32,33)29-18-24(19-9-13-21(14-10-19)30(2)3)25-17-28-26-8-6-5-7-23(25)26/h5-17,24,28-29H,4,18H2,1-3H3/t24-/m0/s1. The molecule has 0 unspecified atom stereocenters. The number of para-hydroxylation sites is 1. The minimum absolute atomic E-state index is 0.0891. The number of anilines is 1. The first kappa shape index (κ1) is 24.5. The second kappa shape index (κ2) is 10.3. The fraction of sp³-hybridized carbons (Fsp3) is 0.222. The lowest BCUT2D eigenvalue weighted by molar-refractivity contribution is 0.0526. The van der Waals surface area contributed by atoms with Crippen LogP contribution >= 0.6 is 0 Å². The van der Waals surface area contributed by atoms with Gasteiger partial charge in [-0.2, -0.15) is 0 Å². The number of H-pyrrole nitrogens is 1. The molecular weight excluding hydrogens is 462 g/mol. The number of carbonyl (C=O) groups excluding carboxylic acids is 1. The molecule has 0 spiro atoms. The van der Waals surface area contributed by atoms with Crippen molar-refractivity contribution in [3.8, 4) is 0 Å². The molecule has 0 bridgehead atoms. The first-order valence-electron chi connectivity index (χ1n) is 11.4. The number of benzene rings is 3. The highest BCUT2D eigenvalue weighted by Gasteiger charge is 2.22. The molecule has 182 valence electrons. The van der Waals surface area contributed by atoms with Gasteiger partial charge in [0.1, 0.15) is 0 Å². The predicted octanol–water partition coefficient (Wildman–Crippen LogP) is 4.52. The number of rotatable bonds is 9. The van der Waals surface area contributed by atoms with Crippen LogP contribution in [-0.2, 0) is 14.8 Å². The first-order chi connectivity index (χ1) is 16.8. The van der Waals surface area contributed by atoms with Crippen LogP contribution in [0.3, 0.4) is 0 Å². The summed E-state index contributed by atoms with van der Waals surface area (Å²) in [6, 6.07) is 21.8. The van der Waals surface area contributed by atoms with Gasteiger partial charge >= 0.3 is 5.97 Å². The van der Waals surface area contributed by atoms with Crippen LogP contribution in [0, 0.1) is 0 Å². The fourth-order valence-corrected chi connectivity index (χ4v) is 5.10. The van der Waals surface area contributed by atoms with Gasteiger partial charge in [-0.15, -0.1) is 0 Å². The highest BCUT2D eigenvalue weighted by atomic mass is 32.2. The van der Waals surface area contributed by atoms with Crippen LogP contribution in [0.15, 0.2) is 83.9 Å². The number of nitrogens with zero attached hydrogens (tertiary/aromatic N) is 1. The zero-order chi connectivity index (χ0) is 25.0. The lowest BCUT2D eigenvalue weighted by Crippen LogP contribution is -2.29. The van der Waals surface area contributed by atoms with Crippen LogP contribution in [0.1, 0.15) is 34.3 Å². The van der Waals surface area contributed by atoms with Crippen LogP contribution in [0.2, 0.25) is 0 Å². The zero-order valence-electron chi connectivity index (χ0n) is 20.0. The molecule has 4 rings (SSSR count). The summed E-state index contributed by atoms with van der Waals surface area (Å²) in [4.78, 5) is 17.3. The van der Waals surface area contributed by atoms with Crippen molar-refractivity contribution in [1.82, 2.24) is 9.71 Å². The molecule has 35 heavy (non-hydrogen) atoms. The Balaban J connectivity index is 1.62. The number of hydrogen-bond donors (Lipinski definition) is 2. The van der Waals surface area contributed by atoms with Crippen molar-refractivity contribution in [3.63, 3.8) is 0 Å². The number of aromatic nitrogens is 1. The Hall–Kier alpha value is -3.62. The van der Waals surface area contributed by atoms with Crippen molar-refractivity contribution < 1.29 is 17.9 Å². The summed E-state index contributed by atoms with van der Waals surface area (Å²) in [6.45, 7) is 2.15. The van der Waals surface area contributed by atoms with E-state index in [1.165, 1.54) is 24.3 Å². The fourth-order valence-electron chi connectivity index (χ4n) is 4.06. The van der Waals surface area contributed by atoms with E-state index < -0.39 is 16.0 Å². The molecule has 0 radical (unpaired) electrons. The molecule has 1 aromatic heterocycles. The number of ether oxygens (including phenoxy) is 1. The number of nitrogens with one attached hydrogen (secondary N) is 2. The van der Waals surface area contributed by atoms with Gasteiger partial charge in [-0.05, 0) is 60.5 Å². The third-order valence-corrected chi connectivity index (χ3v) is 7.40. The highest BCUT2D eigenvalue weighted by Crippen LogP contribution is 2.32. The minimum atomic E-state index is -3.80. The maximum Gasteiger partial charge on any atom is 0.338 e. The Morgan fingerprint density at radius 2 is 1.69 bits per heavy atom. The van der Waals surface area contributed by atoms with E-state index in [-0.39, 0.29) is 24.0 Å². The molecule has 8 heteroatoms. The Morgan fingerprint density at radius 1 is 1.00 bits per heavy atom. The van der Waals surface area contributed by atoms with Gasteiger partial charge in [-0.25, -0.2) is 17.9 Å². The van der Waals surface area contributed by atoms with E-state index >= 15 is 0 Å². The van der Waals surface area contributed by atoms with Crippen LogP contribution in [-0.4, -0.2) is 46.6 Å². The van der Waals surface area contributed by atoms with Crippen LogP contribution in [0.5, 0.6) is 0 Å². The number of esters is 1. The molecule has 3 aromatic carbocycles. The second-order valence-electron chi connectivity index (χ2n) is 8.42. The van der Waals surface area contributed by atoms with Crippen molar-refractivity contribution in [2.75, 3.05) is 32.1 Å². The third-order valence-electron chi connectivity index (χ3n) is 5.96. The average Bonchev–Trinajstić information content (AvgIpc) is 3.29. The molecule has 0 fully saturated rings. The molecule has 7 nitrogen and oxygen atoms in total. The van der Waals surface area contributed by atoms with E-state index in [0.717, 1.165) is 27.7 Å². The number of hydrogen-bond acceptors (Lipinski definition) is 5. The molecule has 2 N–H and O–H groups in total. The summed E-state index contributed by atoms with van der Waals surface area (Å²) in [7, 11) is 0.155. The monoisotopic (exact) mass is 491 g/mol. The normalized spacial score (nSPS) is 12.4. The quantitative estimate of drug-likeness (QED) is 0.336. The van der Waals surface area contributed by atoms with E-state index in [9.17, 15) is 13.2 Å². The number of sulfonamides is 1. The van der Waals surface area contributed by atoms with Gasteiger partial charge in [-0.3, -0.25) is 0 Å². The molecule has 0 aliphatic carbocycles. The van der Waals surface area contributed by atoms with Crippen molar-refractivity contribution in [1.29, 1.82) is 0 Å². The average molecular weight is 492 g/mol. The van der Waals surface area contributed by atoms with Gasteiger partial charge in [0, 0.05) is 49.3 Å². The number of carbonyl (C=O) groups is 1. The molecule has 0 amide bonds. The smallest absolute Gasteiger partial charge is 0.338 e. The SMILES string of the molecule is CCOC(=O)c1ccc(S(=O)(=O)NC[C@@H](c2ccc(N(C)C)cc2)c2c[nH]c3ccccc23)cc1. The molecule has 4 aromatic rings. The van der Waals surface area contributed by atoms with Crippen molar-refractivity contribution in [3.05, 3.63) is 95.7 Å². The van der Waals surface area contributed by atoms with E-state index in [2.05, 4.69) is 9.71 Å². The molecule has 0 aliphatic rings. The van der Waals surface area contributed by atoms with Crippen molar-refractivity contribution in [2.45, 2.75) is 17.7 Å². The van der Waals surface area contributed by atoms with Crippen LogP contribution in [0.25, 0.3) is 10.9 Å². The van der Waals surface area contributed by atoms with Gasteiger partial charge in [0.15, 0.2) is 0 Å². The van der Waals surface area contributed by atoms with E-state index in [1.54, 1.807) is 6.92 Å².